The molecule has 2 heterocycles. The maximum Gasteiger partial charge on any atom is 0.315 e. The molecule has 1 aromatic carbocycles. The minimum atomic E-state index is -0.599. The van der Waals surface area contributed by atoms with E-state index in [0.717, 1.165) is 17.9 Å². The van der Waals surface area contributed by atoms with Gasteiger partial charge in [-0.3, -0.25) is 0 Å². The van der Waals surface area contributed by atoms with Crippen LogP contribution >= 0.6 is 0 Å². The van der Waals surface area contributed by atoms with Crippen molar-refractivity contribution in [3.8, 4) is 5.75 Å². The summed E-state index contributed by atoms with van der Waals surface area (Å²) in [7, 11) is 0. The highest BCUT2D eigenvalue weighted by molar-refractivity contribution is 5.74. The molecule has 158 valence electrons. The third-order valence-corrected chi connectivity index (χ3v) is 4.63. The van der Waals surface area contributed by atoms with E-state index in [1.54, 1.807) is 0 Å². The van der Waals surface area contributed by atoms with Gasteiger partial charge in [0.2, 0.25) is 0 Å². The zero-order valence-corrected chi connectivity index (χ0v) is 16.8. The van der Waals surface area contributed by atoms with Gasteiger partial charge >= 0.3 is 6.03 Å². The number of urea groups is 1. The molecule has 3 unspecified atom stereocenters. The predicted octanol–water partition coefficient (Wildman–Crippen LogP) is 2.41. The number of carbonyl (C=O) groups is 1. The van der Waals surface area contributed by atoms with Crippen molar-refractivity contribution in [1.29, 1.82) is 0 Å². The Morgan fingerprint density at radius 3 is 2.86 bits per heavy atom. The largest absolute Gasteiger partial charge is 0.486 e. The molecule has 0 saturated carbocycles. The van der Waals surface area contributed by atoms with Crippen LogP contribution in [-0.4, -0.2) is 47.2 Å². The highest BCUT2D eigenvalue weighted by atomic mass is 16.5. The lowest BCUT2D eigenvalue weighted by Crippen LogP contribution is -2.49. The fraction of sp³-hybridized carbons (Fsp3) is 0.524. The Bertz CT molecular complexity index is 765. The Labute approximate surface area is 170 Å². The van der Waals surface area contributed by atoms with Gasteiger partial charge in [0, 0.05) is 25.1 Å². The third-order valence-electron chi connectivity index (χ3n) is 4.63. The van der Waals surface area contributed by atoms with Crippen molar-refractivity contribution in [2.24, 2.45) is 0 Å². The van der Waals surface area contributed by atoms with Crippen molar-refractivity contribution in [2.75, 3.05) is 6.54 Å². The molecule has 0 aliphatic carbocycles. The van der Waals surface area contributed by atoms with E-state index in [4.69, 9.17) is 14.0 Å². The highest BCUT2D eigenvalue weighted by Gasteiger charge is 2.30. The summed E-state index contributed by atoms with van der Waals surface area (Å²) < 4.78 is 17.0. The van der Waals surface area contributed by atoms with Crippen LogP contribution in [0.1, 0.15) is 38.1 Å². The normalized spacial score (nSPS) is 21.7. The average molecular weight is 403 g/mol. The van der Waals surface area contributed by atoms with Crippen molar-refractivity contribution >= 4 is 6.03 Å². The maximum atomic E-state index is 11.7. The van der Waals surface area contributed by atoms with E-state index in [9.17, 15) is 9.90 Å². The summed E-state index contributed by atoms with van der Waals surface area (Å²) in [4.78, 5) is 11.7. The van der Waals surface area contributed by atoms with Crippen LogP contribution in [0.4, 0.5) is 4.79 Å². The van der Waals surface area contributed by atoms with Crippen LogP contribution in [0.15, 0.2) is 40.9 Å². The van der Waals surface area contributed by atoms with Crippen LogP contribution in [0.5, 0.6) is 5.75 Å². The molecule has 8 heteroatoms. The van der Waals surface area contributed by atoms with Crippen molar-refractivity contribution in [1.82, 2.24) is 15.8 Å². The van der Waals surface area contributed by atoms with Gasteiger partial charge in [-0.15, -0.1) is 0 Å². The zero-order valence-electron chi connectivity index (χ0n) is 16.8. The number of amides is 2. The monoisotopic (exact) mass is 403 g/mol. The van der Waals surface area contributed by atoms with Gasteiger partial charge in [-0.05, 0) is 38.8 Å². The smallest absolute Gasteiger partial charge is 0.315 e. The fourth-order valence-corrected chi connectivity index (χ4v) is 3.21. The number of hydrogen-bond donors (Lipinski definition) is 3. The number of carbonyl (C=O) groups excluding carboxylic acids is 1. The van der Waals surface area contributed by atoms with Crippen LogP contribution < -0.4 is 15.4 Å². The summed E-state index contributed by atoms with van der Waals surface area (Å²) in [5, 5.41) is 19.8. The van der Waals surface area contributed by atoms with E-state index < -0.39 is 12.2 Å². The molecular weight excluding hydrogens is 374 g/mol. The summed E-state index contributed by atoms with van der Waals surface area (Å²) in [6.07, 6.45) is 0.781. The topological polar surface area (TPSA) is 106 Å². The van der Waals surface area contributed by atoms with Gasteiger partial charge in [0.1, 0.15) is 18.5 Å². The van der Waals surface area contributed by atoms with Gasteiger partial charge in [0.05, 0.1) is 17.9 Å². The first kappa shape index (κ1) is 21.1. The minimum Gasteiger partial charge on any atom is -0.486 e. The lowest BCUT2D eigenvalue weighted by molar-refractivity contribution is -0.113. The van der Waals surface area contributed by atoms with Crippen LogP contribution in [0, 0.1) is 0 Å². The number of para-hydroxylation sites is 1. The predicted molar refractivity (Wildman–Crippen MR) is 107 cm³/mol. The van der Waals surface area contributed by atoms with Gasteiger partial charge in [-0.1, -0.05) is 23.4 Å². The molecule has 2 aromatic rings. The van der Waals surface area contributed by atoms with Gasteiger partial charge in [-0.25, -0.2) is 4.79 Å². The number of hydrogen-bond acceptors (Lipinski definition) is 6. The third kappa shape index (κ3) is 6.76. The molecular formula is C21H29N3O5. The maximum absolute atomic E-state index is 11.7. The second-order valence-corrected chi connectivity index (χ2v) is 7.54. The Kier molecular flexibility index (Phi) is 7.48. The lowest BCUT2D eigenvalue weighted by atomic mass is 9.98. The van der Waals surface area contributed by atoms with Crippen LogP contribution in [-0.2, 0) is 17.8 Å². The highest BCUT2D eigenvalue weighted by Crippen LogP contribution is 2.23. The van der Waals surface area contributed by atoms with E-state index in [-0.39, 0.29) is 24.7 Å². The van der Waals surface area contributed by atoms with Crippen molar-refractivity contribution in [3.05, 3.63) is 47.9 Å². The van der Waals surface area contributed by atoms with E-state index in [1.807, 2.05) is 50.2 Å². The van der Waals surface area contributed by atoms with Gasteiger partial charge in [0.25, 0.3) is 0 Å². The zero-order chi connectivity index (χ0) is 20.6. The fourth-order valence-electron chi connectivity index (χ4n) is 3.21. The Morgan fingerprint density at radius 2 is 2.10 bits per heavy atom. The quantitative estimate of drug-likeness (QED) is 0.625. The number of aliphatic hydroxyl groups is 1. The number of benzene rings is 1. The van der Waals surface area contributed by atoms with Crippen LogP contribution in [0.25, 0.3) is 0 Å². The first-order valence-corrected chi connectivity index (χ1v) is 10.00. The number of nitrogens with one attached hydrogen (secondary N) is 2. The molecule has 8 nitrogen and oxygen atoms in total. The molecule has 3 atom stereocenters. The number of rotatable bonds is 8. The molecule has 0 bridgehead atoms. The Balaban J connectivity index is 1.46. The van der Waals surface area contributed by atoms with E-state index in [1.165, 1.54) is 0 Å². The van der Waals surface area contributed by atoms with Crippen LogP contribution in [0.2, 0.25) is 0 Å². The summed E-state index contributed by atoms with van der Waals surface area (Å²) in [6.45, 7) is 4.33. The van der Waals surface area contributed by atoms with Gasteiger partial charge in [-0.2, -0.15) is 0 Å². The van der Waals surface area contributed by atoms with E-state index in [0.29, 0.717) is 25.2 Å². The molecule has 0 spiro atoms. The van der Waals surface area contributed by atoms with Crippen molar-refractivity contribution in [2.45, 2.75) is 64.1 Å². The van der Waals surface area contributed by atoms with Gasteiger partial charge in [0.15, 0.2) is 5.76 Å². The molecule has 0 radical (unpaired) electrons. The summed E-state index contributed by atoms with van der Waals surface area (Å²) in [5.41, 5.74) is 0.780. The molecule has 1 aliphatic heterocycles. The summed E-state index contributed by atoms with van der Waals surface area (Å²) >= 11 is 0. The minimum absolute atomic E-state index is 0.0483. The lowest BCUT2D eigenvalue weighted by Gasteiger charge is -2.33. The molecule has 2 amide bonds. The van der Waals surface area contributed by atoms with Crippen molar-refractivity contribution < 1.29 is 23.9 Å². The Morgan fingerprint density at radius 1 is 1.31 bits per heavy atom. The number of ether oxygens (including phenoxy) is 2. The van der Waals surface area contributed by atoms with Crippen LogP contribution in [0.3, 0.4) is 0 Å². The SMILES string of the molecule is CC(C)NC(=O)NCC1OC(Cc2cc(COc3ccccc3)on2)CCC1O. The van der Waals surface area contributed by atoms with Crippen molar-refractivity contribution in [3.63, 3.8) is 0 Å². The number of nitrogens with zero attached hydrogens (tertiary/aromatic N) is 1. The molecule has 1 aromatic heterocycles. The van der Waals surface area contributed by atoms with Gasteiger partial charge < -0.3 is 29.7 Å². The Hall–Kier alpha value is -2.58. The van der Waals surface area contributed by atoms with E-state index in [2.05, 4.69) is 15.8 Å². The first-order chi connectivity index (χ1) is 14.0. The second kappa shape index (κ2) is 10.3. The molecule has 3 N–H and O–H groups in total. The molecule has 29 heavy (non-hydrogen) atoms. The van der Waals surface area contributed by atoms with E-state index >= 15 is 0 Å². The first-order valence-electron chi connectivity index (χ1n) is 10.00. The number of aromatic nitrogens is 1. The number of aliphatic hydroxyl groups excluding tert-OH is 1. The summed E-state index contributed by atoms with van der Waals surface area (Å²) in [5.74, 6) is 1.41. The average Bonchev–Trinajstić information content (AvgIpc) is 3.14. The molecule has 1 fully saturated rings. The standard InChI is InChI=1S/C21H29N3O5/c1-14(2)23-21(26)22-12-20-19(25)9-8-17(28-20)10-15-11-18(29-24-15)13-27-16-6-4-3-5-7-16/h3-7,11,14,17,19-20,25H,8-10,12-13H2,1-2H3,(H2,22,23,26). The molecule has 3 rings (SSSR count). The second-order valence-electron chi connectivity index (χ2n) is 7.54. The molecule has 1 saturated heterocycles. The molecule has 1 aliphatic rings. The summed E-state index contributed by atoms with van der Waals surface area (Å²) in [6, 6.07) is 11.2.